The highest BCUT2D eigenvalue weighted by Crippen LogP contribution is 2.35. The van der Waals surface area contributed by atoms with Gasteiger partial charge >= 0.3 is 0 Å². The molecule has 0 aliphatic carbocycles. The molecule has 3 heterocycles. The van der Waals surface area contributed by atoms with Gasteiger partial charge in [0.1, 0.15) is 5.69 Å². The molecule has 0 saturated carbocycles. The minimum absolute atomic E-state index is 0.0142. The van der Waals surface area contributed by atoms with Crippen LogP contribution in [0.25, 0.3) is 10.6 Å². The molecule has 2 aromatic rings. The molecule has 26 heavy (non-hydrogen) atoms. The maximum absolute atomic E-state index is 12.7. The highest BCUT2D eigenvalue weighted by Gasteiger charge is 2.36. The minimum atomic E-state index is -0.404. The number of nitrogens with zero attached hydrogens (tertiary/aromatic N) is 4. The van der Waals surface area contributed by atoms with Crippen LogP contribution in [-0.2, 0) is 9.59 Å². The maximum Gasteiger partial charge on any atom is 0.228 e. The van der Waals surface area contributed by atoms with E-state index in [1.807, 2.05) is 25.7 Å². The van der Waals surface area contributed by atoms with Gasteiger partial charge in [0.2, 0.25) is 11.8 Å². The maximum atomic E-state index is 12.7. The van der Waals surface area contributed by atoms with Gasteiger partial charge in [-0.3, -0.25) is 19.6 Å². The Bertz CT molecular complexity index is 810. The Balaban J connectivity index is 1.78. The van der Waals surface area contributed by atoms with Crippen LogP contribution >= 0.6 is 11.3 Å². The summed E-state index contributed by atoms with van der Waals surface area (Å²) in [4.78, 5) is 39.7. The fourth-order valence-corrected chi connectivity index (χ4v) is 3.81. The predicted molar refractivity (Wildman–Crippen MR) is 101 cm³/mol. The Morgan fingerprint density at radius 3 is 2.58 bits per heavy atom. The Morgan fingerprint density at radius 1 is 1.19 bits per heavy atom. The minimum Gasteiger partial charge on any atom is -0.334 e. The van der Waals surface area contributed by atoms with Gasteiger partial charge in [0.15, 0.2) is 5.13 Å². The SMILES string of the molecule is CC(=O)Nc1ncc(-c2cnc([C@@H]3CCCN3C(=O)C(C)(C)C)cn2)s1. The summed E-state index contributed by atoms with van der Waals surface area (Å²) >= 11 is 1.35. The number of nitrogens with one attached hydrogen (secondary N) is 1. The van der Waals surface area contributed by atoms with Gasteiger partial charge in [-0.15, -0.1) is 0 Å². The van der Waals surface area contributed by atoms with Crippen LogP contribution in [0.15, 0.2) is 18.6 Å². The molecule has 1 fully saturated rings. The van der Waals surface area contributed by atoms with Gasteiger partial charge in [-0.2, -0.15) is 0 Å². The number of rotatable bonds is 3. The summed E-state index contributed by atoms with van der Waals surface area (Å²) < 4.78 is 0. The summed E-state index contributed by atoms with van der Waals surface area (Å²) in [5, 5.41) is 3.20. The first-order chi connectivity index (χ1) is 12.3. The largest absolute Gasteiger partial charge is 0.334 e. The second-order valence-corrected chi connectivity index (χ2v) is 8.47. The fraction of sp³-hybridized carbons (Fsp3) is 0.500. The molecule has 7 nitrogen and oxygen atoms in total. The lowest BCUT2D eigenvalue weighted by Gasteiger charge is -2.30. The van der Waals surface area contributed by atoms with E-state index < -0.39 is 5.41 Å². The summed E-state index contributed by atoms with van der Waals surface area (Å²) in [5.41, 5.74) is 1.11. The molecule has 0 bridgehead atoms. The number of likely N-dealkylation sites (tertiary alicyclic amines) is 1. The smallest absolute Gasteiger partial charge is 0.228 e. The summed E-state index contributed by atoms with van der Waals surface area (Å²) in [6, 6.07) is -0.0142. The van der Waals surface area contributed by atoms with Crippen LogP contribution in [0.2, 0.25) is 0 Å². The van der Waals surface area contributed by atoms with Crippen LogP contribution < -0.4 is 5.32 Å². The van der Waals surface area contributed by atoms with Crippen LogP contribution in [-0.4, -0.2) is 38.2 Å². The van der Waals surface area contributed by atoms with Gasteiger partial charge in [0, 0.05) is 25.1 Å². The van der Waals surface area contributed by atoms with Crippen molar-refractivity contribution in [2.24, 2.45) is 5.41 Å². The monoisotopic (exact) mass is 373 g/mol. The summed E-state index contributed by atoms with van der Waals surface area (Å²) in [6.45, 7) is 8.03. The van der Waals surface area contributed by atoms with E-state index in [9.17, 15) is 9.59 Å². The van der Waals surface area contributed by atoms with Gasteiger partial charge in [-0.1, -0.05) is 32.1 Å². The van der Waals surface area contributed by atoms with Gasteiger partial charge < -0.3 is 10.2 Å². The zero-order chi connectivity index (χ0) is 18.9. The number of anilines is 1. The topological polar surface area (TPSA) is 88.1 Å². The molecule has 2 amide bonds. The zero-order valence-corrected chi connectivity index (χ0v) is 16.3. The zero-order valence-electron chi connectivity index (χ0n) is 15.4. The van der Waals surface area contributed by atoms with Crippen molar-refractivity contribution in [3.05, 3.63) is 24.3 Å². The number of carbonyl (C=O) groups excluding carboxylic acids is 2. The Morgan fingerprint density at radius 2 is 1.96 bits per heavy atom. The van der Waals surface area contributed by atoms with Crippen molar-refractivity contribution < 1.29 is 9.59 Å². The van der Waals surface area contributed by atoms with Gasteiger partial charge in [-0.05, 0) is 12.8 Å². The lowest BCUT2D eigenvalue weighted by Crippen LogP contribution is -2.39. The molecule has 0 spiro atoms. The molecule has 0 radical (unpaired) electrons. The van der Waals surface area contributed by atoms with E-state index in [-0.39, 0.29) is 17.9 Å². The van der Waals surface area contributed by atoms with Crippen LogP contribution in [0.4, 0.5) is 5.13 Å². The Kier molecular flexibility index (Phi) is 5.04. The molecular formula is C18H23N5O2S. The third-order valence-corrected chi connectivity index (χ3v) is 5.14. The summed E-state index contributed by atoms with van der Waals surface area (Å²) in [6.07, 6.45) is 7.00. The molecule has 2 aromatic heterocycles. The molecule has 0 aromatic carbocycles. The van der Waals surface area contributed by atoms with Crippen LogP contribution in [0, 0.1) is 5.41 Å². The third-order valence-electron chi connectivity index (χ3n) is 4.21. The van der Waals surface area contributed by atoms with Crippen molar-refractivity contribution in [2.75, 3.05) is 11.9 Å². The van der Waals surface area contributed by atoms with E-state index in [1.165, 1.54) is 18.3 Å². The van der Waals surface area contributed by atoms with E-state index in [0.29, 0.717) is 10.8 Å². The second kappa shape index (κ2) is 7.11. The number of aromatic nitrogens is 3. The first-order valence-corrected chi connectivity index (χ1v) is 9.44. The van der Waals surface area contributed by atoms with Crippen LogP contribution in [0.3, 0.4) is 0 Å². The molecule has 1 aliphatic rings. The van der Waals surface area contributed by atoms with Crippen molar-refractivity contribution in [3.8, 4) is 10.6 Å². The van der Waals surface area contributed by atoms with Crippen LogP contribution in [0.5, 0.6) is 0 Å². The molecule has 1 aliphatic heterocycles. The number of hydrogen-bond acceptors (Lipinski definition) is 6. The summed E-state index contributed by atoms with van der Waals surface area (Å²) in [7, 11) is 0. The number of thiazole rings is 1. The van der Waals surface area contributed by atoms with Gasteiger partial charge in [0.05, 0.1) is 29.0 Å². The van der Waals surface area contributed by atoms with Gasteiger partial charge in [-0.25, -0.2) is 4.98 Å². The Hall–Kier alpha value is -2.35. The third kappa shape index (κ3) is 3.90. The summed E-state index contributed by atoms with van der Waals surface area (Å²) in [5.74, 6) is -0.00884. The lowest BCUT2D eigenvalue weighted by molar-refractivity contribution is -0.140. The lowest BCUT2D eigenvalue weighted by atomic mass is 9.94. The molecule has 0 unspecified atom stereocenters. The predicted octanol–water partition coefficient (Wildman–Crippen LogP) is 3.27. The van der Waals surface area contributed by atoms with Crippen LogP contribution in [0.1, 0.15) is 52.3 Å². The fourth-order valence-electron chi connectivity index (χ4n) is 2.99. The number of amides is 2. The second-order valence-electron chi connectivity index (χ2n) is 7.44. The van der Waals surface area contributed by atoms with Crippen molar-refractivity contribution >= 4 is 28.3 Å². The molecule has 1 saturated heterocycles. The van der Waals surface area contributed by atoms with E-state index in [1.54, 1.807) is 18.6 Å². The number of hydrogen-bond donors (Lipinski definition) is 1. The average molecular weight is 373 g/mol. The average Bonchev–Trinajstić information content (AvgIpc) is 3.22. The van der Waals surface area contributed by atoms with Crippen molar-refractivity contribution in [3.63, 3.8) is 0 Å². The Labute approximate surface area is 156 Å². The van der Waals surface area contributed by atoms with Crippen molar-refractivity contribution in [2.45, 2.75) is 46.6 Å². The van der Waals surface area contributed by atoms with E-state index in [4.69, 9.17) is 0 Å². The molecule has 1 atom stereocenters. The molecule has 138 valence electrons. The van der Waals surface area contributed by atoms with Crippen molar-refractivity contribution in [1.29, 1.82) is 0 Å². The van der Waals surface area contributed by atoms with E-state index in [0.717, 1.165) is 30.0 Å². The quantitative estimate of drug-likeness (QED) is 0.892. The number of carbonyl (C=O) groups is 2. The molecule has 1 N–H and O–H groups in total. The first-order valence-electron chi connectivity index (χ1n) is 8.62. The van der Waals surface area contributed by atoms with Crippen molar-refractivity contribution in [1.82, 2.24) is 19.9 Å². The highest BCUT2D eigenvalue weighted by molar-refractivity contribution is 7.19. The normalized spacial score (nSPS) is 17.4. The van der Waals surface area contributed by atoms with Gasteiger partial charge in [0.25, 0.3) is 0 Å². The molecular weight excluding hydrogens is 350 g/mol. The molecule has 8 heteroatoms. The first kappa shape index (κ1) is 18.4. The standard InChI is InChI=1S/C18H23N5O2S/c1-11(24)22-17-21-10-15(26-17)13-9-19-12(8-20-13)14-6-5-7-23(14)16(25)18(2,3)4/h8-10,14H,5-7H2,1-4H3,(H,21,22,24)/t14-/m0/s1. The van der Waals surface area contributed by atoms with E-state index in [2.05, 4.69) is 20.3 Å². The van der Waals surface area contributed by atoms with E-state index >= 15 is 0 Å². The molecule has 3 rings (SSSR count). The highest BCUT2D eigenvalue weighted by atomic mass is 32.1.